The Kier molecular flexibility index (Phi) is 5.07. The van der Waals surface area contributed by atoms with Gasteiger partial charge in [0.2, 0.25) is 0 Å². The van der Waals surface area contributed by atoms with Crippen LogP contribution in [0.5, 0.6) is 0 Å². The first-order valence-corrected chi connectivity index (χ1v) is 9.93. The molecule has 122 valence electrons. The molecule has 0 spiro atoms. The molecule has 1 saturated heterocycles. The first-order chi connectivity index (χ1) is 10.6. The van der Waals surface area contributed by atoms with Gasteiger partial charge in [-0.25, -0.2) is 8.42 Å². The highest BCUT2D eigenvalue weighted by atomic mass is 35.5. The summed E-state index contributed by atoms with van der Waals surface area (Å²) < 4.78 is 30.4. The van der Waals surface area contributed by atoms with Crippen LogP contribution in [0.1, 0.15) is 25.7 Å². The number of sulfone groups is 1. The normalized spacial score (nSPS) is 26.0. The fraction of sp³-hybridized carbons (Fsp3) is 0.625. The highest BCUT2D eigenvalue weighted by Crippen LogP contribution is 2.29. The van der Waals surface area contributed by atoms with Crippen molar-refractivity contribution >= 4 is 21.4 Å². The minimum atomic E-state index is -3.22. The van der Waals surface area contributed by atoms with E-state index in [4.69, 9.17) is 16.3 Å². The lowest BCUT2D eigenvalue weighted by Gasteiger charge is -2.37. The standard InChI is InChI=1S/C16H22ClNO3S/c17-13-5-7-14(8-6-13)22(19,20)12-2-9-18-10-11-21-16-4-1-3-15(16)18/h5-8,15-16H,1-4,9-12H2/t15-,16-/m0/s1. The number of hydrogen-bond donors (Lipinski definition) is 0. The zero-order chi connectivity index (χ0) is 15.6. The monoisotopic (exact) mass is 343 g/mol. The molecular weight excluding hydrogens is 322 g/mol. The predicted molar refractivity (Wildman–Crippen MR) is 87.1 cm³/mol. The Balaban J connectivity index is 1.55. The lowest BCUT2D eigenvalue weighted by atomic mass is 10.1. The zero-order valence-corrected chi connectivity index (χ0v) is 14.2. The minimum Gasteiger partial charge on any atom is -0.375 e. The van der Waals surface area contributed by atoms with E-state index in [1.807, 2.05) is 0 Å². The molecule has 0 aromatic heterocycles. The van der Waals surface area contributed by atoms with Crippen LogP contribution in [0.4, 0.5) is 0 Å². The summed E-state index contributed by atoms with van der Waals surface area (Å²) in [5.74, 6) is 0.184. The van der Waals surface area contributed by atoms with E-state index in [9.17, 15) is 8.42 Å². The van der Waals surface area contributed by atoms with E-state index in [1.54, 1.807) is 24.3 Å². The van der Waals surface area contributed by atoms with E-state index < -0.39 is 9.84 Å². The molecule has 1 aliphatic carbocycles. The third-order valence-electron chi connectivity index (χ3n) is 4.63. The zero-order valence-electron chi connectivity index (χ0n) is 12.6. The highest BCUT2D eigenvalue weighted by molar-refractivity contribution is 7.91. The second-order valence-corrected chi connectivity index (χ2v) is 8.62. The third-order valence-corrected chi connectivity index (χ3v) is 6.70. The minimum absolute atomic E-state index is 0.184. The van der Waals surface area contributed by atoms with Gasteiger partial charge in [-0.2, -0.15) is 0 Å². The SMILES string of the molecule is O=S(=O)(CCCN1CCO[C@H]2CCC[C@@H]21)c1ccc(Cl)cc1. The topological polar surface area (TPSA) is 46.6 Å². The molecule has 3 rings (SSSR count). The van der Waals surface area contributed by atoms with Crippen molar-refractivity contribution in [2.24, 2.45) is 0 Å². The van der Waals surface area contributed by atoms with Crippen LogP contribution in [0.3, 0.4) is 0 Å². The van der Waals surface area contributed by atoms with Crippen molar-refractivity contribution in [3.8, 4) is 0 Å². The van der Waals surface area contributed by atoms with Crippen LogP contribution in [0.2, 0.25) is 5.02 Å². The van der Waals surface area contributed by atoms with E-state index in [-0.39, 0.29) is 5.75 Å². The van der Waals surface area contributed by atoms with Crippen LogP contribution in [0, 0.1) is 0 Å². The first-order valence-electron chi connectivity index (χ1n) is 7.90. The number of rotatable bonds is 5. The summed E-state index contributed by atoms with van der Waals surface area (Å²) >= 11 is 5.81. The van der Waals surface area contributed by atoms with Crippen LogP contribution < -0.4 is 0 Å². The van der Waals surface area contributed by atoms with Crippen LogP contribution in [0.25, 0.3) is 0 Å². The quantitative estimate of drug-likeness (QED) is 0.824. The van der Waals surface area contributed by atoms with Crippen molar-refractivity contribution in [2.45, 2.75) is 42.7 Å². The second kappa shape index (κ2) is 6.87. The lowest BCUT2D eigenvalue weighted by Crippen LogP contribution is -2.48. The molecule has 1 aromatic carbocycles. The maximum atomic E-state index is 12.3. The summed E-state index contributed by atoms with van der Waals surface area (Å²) in [6, 6.07) is 6.91. The molecule has 22 heavy (non-hydrogen) atoms. The first kappa shape index (κ1) is 16.2. The summed E-state index contributed by atoms with van der Waals surface area (Å²) in [4.78, 5) is 2.77. The van der Waals surface area contributed by atoms with Crippen molar-refractivity contribution in [3.05, 3.63) is 29.3 Å². The molecule has 1 heterocycles. The van der Waals surface area contributed by atoms with E-state index in [2.05, 4.69) is 4.90 Å². The maximum Gasteiger partial charge on any atom is 0.178 e. The van der Waals surface area contributed by atoms with E-state index >= 15 is 0 Å². The number of morpholine rings is 1. The van der Waals surface area contributed by atoms with Gasteiger partial charge in [0.1, 0.15) is 0 Å². The molecule has 2 atom stereocenters. The van der Waals surface area contributed by atoms with Gasteiger partial charge in [-0.15, -0.1) is 0 Å². The number of fused-ring (bicyclic) bond motifs is 1. The van der Waals surface area contributed by atoms with Gasteiger partial charge >= 0.3 is 0 Å². The molecule has 0 unspecified atom stereocenters. The average Bonchev–Trinajstić information content (AvgIpc) is 2.97. The van der Waals surface area contributed by atoms with Gasteiger partial charge in [0, 0.05) is 17.6 Å². The molecule has 0 radical (unpaired) electrons. The fourth-order valence-corrected chi connectivity index (χ4v) is 4.92. The molecule has 2 fully saturated rings. The molecule has 4 nitrogen and oxygen atoms in total. The lowest BCUT2D eigenvalue weighted by molar-refractivity contribution is -0.0552. The van der Waals surface area contributed by atoms with Crippen molar-refractivity contribution < 1.29 is 13.2 Å². The number of halogens is 1. The molecule has 2 aliphatic rings. The van der Waals surface area contributed by atoms with Gasteiger partial charge in [-0.3, -0.25) is 4.90 Å². The van der Waals surface area contributed by atoms with Crippen LogP contribution in [-0.2, 0) is 14.6 Å². The summed E-state index contributed by atoms with van der Waals surface area (Å²) in [6.45, 7) is 2.52. The highest BCUT2D eigenvalue weighted by Gasteiger charge is 2.35. The summed E-state index contributed by atoms with van der Waals surface area (Å²) in [7, 11) is -3.22. The average molecular weight is 344 g/mol. The van der Waals surface area contributed by atoms with E-state index in [0.717, 1.165) is 26.1 Å². The smallest absolute Gasteiger partial charge is 0.178 e. The third kappa shape index (κ3) is 3.65. The van der Waals surface area contributed by atoms with Gasteiger partial charge in [0.05, 0.1) is 23.4 Å². The van der Waals surface area contributed by atoms with Crippen LogP contribution >= 0.6 is 11.6 Å². The molecule has 1 aromatic rings. The number of hydrogen-bond acceptors (Lipinski definition) is 4. The Morgan fingerprint density at radius 1 is 1.23 bits per heavy atom. The Labute approximate surface area is 137 Å². The van der Waals surface area contributed by atoms with Gasteiger partial charge in [0.15, 0.2) is 9.84 Å². The molecule has 0 bridgehead atoms. The molecule has 6 heteroatoms. The van der Waals surface area contributed by atoms with E-state index in [0.29, 0.717) is 28.5 Å². The summed E-state index contributed by atoms with van der Waals surface area (Å²) in [5.41, 5.74) is 0. The Bertz CT molecular complexity index is 602. The molecular formula is C16H22ClNO3S. The fourth-order valence-electron chi connectivity index (χ4n) is 3.50. The molecule has 0 N–H and O–H groups in total. The summed E-state index contributed by atoms with van der Waals surface area (Å²) in [5, 5.41) is 0.555. The maximum absolute atomic E-state index is 12.3. The largest absolute Gasteiger partial charge is 0.375 e. The van der Waals surface area contributed by atoms with Gasteiger partial charge in [-0.05, 0) is 56.5 Å². The van der Waals surface area contributed by atoms with Crippen molar-refractivity contribution in [3.63, 3.8) is 0 Å². The number of ether oxygens (including phenoxy) is 1. The Hall–Kier alpha value is -0.620. The van der Waals surface area contributed by atoms with E-state index in [1.165, 1.54) is 12.8 Å². The predicted octanol–water partition coefficient (Wildman–Crippen LogP) is 2.76. The van der Waals surface area contributed by atoms with Gasteiger partial charge < -0.3 is 4.74 Å². The number of benzene rings is 1. The molecule has 1 aliphatic heterocycles. The second-order valence-electron chi connectivity index (χ2n) is 6.07. The summed E-state index contributed by atoms with van der Waals surface area (Å²) in [6.07, 6.45) is 4.56. The Morgan fingerprint density at radius 2 is 2.00 bits per heavy atom. The van der Waals surface area contributed by atoms with Gasteiger partial charge in [-0.1, -0.05) is 11.6 Å². The van der Waals surface area contributed by atoms with Gasteiger partial charge in [0.25, 0.3) is 0 Å². The molecule has 1 saturated carbocycles. The van der Waals surface area contributed by atoms with Crippen molar-refractivity contribution in [1.82, 2.24) is 4.90 Å². The van der Waals surface area contributed by atoms with Crippen molar-refractivity contribution in [2.75, 3.05) is 25.4 Å². The number of nitrogens with zero attached hydrogens (tertiary/aromatic N) is 1. The van der Waals surface area contributed by atoms with Crippen LogP contribution in [0.15, 0.2) is 29.2 Å². The molecule has 0 amide bonds. The van der Waals surface area contributed by atoms with Crippen molar-refractivity contribution in [1.29, 1.82) is 0 Å². The Morgan fingerprint density at radius 3 is 2.77 bits per heavy atom. The van der Waals surface area contributed by atoms with Crippen LogP contribution in [-0.4, -0.2) is 50.9 Å².